The van der Waals surface area contributed by atoms with E-state index in [1.165, 1.54) is 0 Å². The summed E-state index contributed by atoms with van der Waals surface area (Å²) < 4.78 is 5.19. The van der Waals surface area contributed by atoms with Crippen LogP contribution < -0.4 is 11.1 Å². The van der Waals surface area contributed by atoms with E-state index in [1.807, 2.05) is 6.07 Å². The molecule has 0 amide bonds. The lowest BCUT2D eigenvalue weighted by atomic mass is 10.0. The van der Waals surface area contributed by atoms with E-state index in [2.05, 4.69) is 29.3 Å². The molecule has 0 aliphatic rings. The van der Waals surface area contributed by atoms with Gasteiger partial charge in [-0.15, -0.1) is 0 Å². The van der Waals surface area contributed by atoms with Crippen LogP contribution in [0, 0.1) is 5.92 Å². The van der Waals surface area contributed by atoms with Gasteiger partial charge < -0.3 is 21.0 Å². The highest BCUT2D eigenvalue weighted by atomic mass is 16.5. The highest BCUT2D eigenvalue weighted by molar-refractivity contribution is 5.95. The number of rotatable bonds is 7. The topological polar surface area (TPSA) is 92.8 Å². The van der Waals surface area contributed by atoms with Gasteiger partial charge in [0.2, 0.25) is 0 Å². The van der Waals surface area contributed by atoms with Crippen molar-refractivity contribution in [1.82, 2.24) is 10.3 Å². The van der Waals surface area contributed by atoms with E-state index >= 15 is 0 Å². The fourth-order valence-electron chi connectivity index (χ4n) is 1.69. The number of hydrogen-bond acceptors (Lipinski definition) is 5. The number of oxime groups is 1. The first kappa shape index (κ1) is 15.4. The van der Waals surface area contributed by atoms with Gasteiger partial charge in [-0.05, 0) is 23.6 Å². The van der Waals surface area contributed by atoms with E-state index in [1.54, 1.807) is 19.4 Å². The molecule has 0 aliphatic carbocycles. The molecular formula is C13H22N4O2. The number of amidine groups is 1. The third kappa shape index (κ3) is 4.84. The summed E-state index contributed by atoms with van der Waals surface area (Å²) in [6.45, 7) is 5.63. The van der Waals surface area contributed by atoms with Crippen LogP contribution in [0.25, 0.3) is 0 Å². The van der Waals surface area contributed by atoms with E-state index in [0.29, 0.717) is 24.8 Å². The van der Waals surface area contributed by atoms with Gasteiger partial charge in [0.25, 0.3) is 0 Å². The summed E-state index contributed by atoms with van der Waals surface area (Å²) in [5.41, 5.74) is 7.01. The summed E-state index contributed by atoms with van der Waals surface area (Å²) in [6.07, 6.45) is 1.64. The number of aromatic nitrogens is 1. The molecule has 6 nitrogen and oxygen atoms in total. The summed E-state index contributed by atoms with van der Waals surface area (Å²) in [5.74, 6) is 0.490. The zero-order valence-electron chi connectivity index (χ0n) is 11.6. The SMILES string of the molecule is COCC(NCc1ccnc(C(N)=NO)c1)C(C)C. The monoisotopic (exact) mass is 266 g/mol. The van der Waals surface area contributed by atoms with Crippen LogP contribution in [0.2, 0.25) is 0 Å². The number of nitrogens with zero attached hydrogens (tertiary/aromatic N) is 2. The Kier molecular flexibility index (Phi) is 6.24. The highest BCUT2D eigenvalue weighted by Crippen LogP contribution is 2.06. The predicted octanol–water partition coefficient (Wildman–Crippen LogP) is 0.937. The molecule has 4 N–H and O–H groups in total. The van der Waals surface area contributed by atoms with Crippen molar-refractivity contribution in [3.63, 3.8) is 0 Å². The lowest BCUT2D eigenvalue weighted by Crippen LogP contribution is -2.37. The minimum absolute atomic E-state index is 0.0131. The molecule has 0 saturated heterocycles. The second kappa shape index (κ2) is 7.70. The van der Waals surface area contributed by atoms with Crippen molar-refractivity contribution in [1.29, 1.82) is 0 Å². The van der Waals surface area contributed by atoms with E-state index < -0.39 is 0 Å². The maximum Gasteiger partial charge on any atom is 0.188 e. The zero-order chi connectivity index (χ0) is 14.3. The Labute approximate surface area is 113 Å². The van der Waals surface area contributed by atoms with Gasteiger partial charge in [-0.1, -0.05) is 19.0 Å². The highest BCUT2D eigenvalue weighted by Gasteiger charge is 2.12. The standard InChI is InChI=1S/C13H22N4O2/c1-9(2)12(8-19-3)16-7-10-4-5-15-11(6-10)13(14)17-18/h4-6,9,12,16,18H,7-8H2,1-3H3,(H2,14,17). The third-order valence-electron chi connectivity index (χ3n) is 2.91. The smallest absolute Gasteiger partial charge is 0.188 e. The van der Waals surface area contributed by atoms with Crippen molar-refractivity contribution in [2.24, 2.45) is 16.8 Å². The average Bonchev–Trinajstić information content (AvgIpc) is 2.42. The molecule has 1 atom stereocenters. The number of nitrogens with one attached hydrogen (secondary N) is 1. The third-order valence-corrected chi connectivity index (χ3v) is 2.91. The van der Waals surface area contributed by atoms with Gasteiger partial charge in [-0.2, -0.15) is 0 Å². The van der Waals surface area contributed by atoms with Gasteiger partial charge in [0.15, 0.2) is 5.84 Å². The average molecular weight is 266 g/mol. The molecule has 106 valence electrons. The largest absolute Gasteiger partial charge is 0.409 e. The molecule has 0 radical (unpaired) electrons. The number of nitrogens with two attached hydrogens (primary N) is 1. The predicted molar refractivity (Wildman–Crippen MR) is 74.1 cm³/mol. The first-order chi connectivity index (χ1) is 9.08. The molecule has 1 unspecified atom stereocenters. The van der Waals surface area contributed by atoms with Crippen LogP contribution in [-0.2, 0) is 11.3 Å². The molecule has 0 saturated carbocycles. The molecule has 1 heterocycles. The minimum atomic E-state index is 0.0131. The van der Waals surface area contributed by atoms with Gasteiger partial charge in [0.1, 0.15) is 5.69 Å². The van der Waals surface area contributed by atoms with Gasteiger partial charge in [0.05, 0.1) is 6.61 Å². The van der Waals surface area contributed by atoms with Crippen LogP contribution >= 0.6 is 0 Å². The van der Waals surface area contributed by atoms with Gasteiger partial charge >= 0.3 is 0 Å². The Bertz CT molecular complexity index is 421. The van der Waals surface area contributed by atoms with E-state index in [-0.39, 0.29) is 11.9 Å². The normalized spacial score (nSPS) is 13.8. The lowest BCUT2D eigenvalue weighted by molar-refractivity contribution is 0.146. The molecular weight excluding hydrogens is 244 g/mol. The maximum absolute atomic E-state index is 8.63. The van der Waals surface area contributed by atoms with Gasteiger partial charge in [0, 0.05) is 25.9 Å². The van der Waals surface area contributed by atoms with Crippen molar-refractivity contribution < 1.29 is 9.94 Å². The zero-order valence-corrected chi connectivity index (χ0v) is 11.6. The van der Waals surface area contributed by atoms with Crippen LogP contribution in [-0.4, -0.2) is 35.8 Å². The van der Waals surface area contributed by atoms with Crippen molar-refractivity contribution in [2.75, 3.05) is 13.7 Å². The van der Waals surface area contributed by atoms with Crippen LogP contribution in [0.15, 0.2) is 23.5 Å². The molecule has 0 fully saturated rings. The molecule has 6 heteroatoms. The van der Waals surface area contributed by atoms with Gasteiger partial charge in [-0.3, -0.25) is 4.98 Å². The summed E-state index contributed by atoms with van der Waals surface area (Å²) in [4.78, 5) is 4.04. The lowest BCUT2D eigenvalue weighted by Gasteiger charge is -2.21. The van der Waals surface area contributed by atoms with Crippen molar-refractivity contribution >= 4 is 5.84 Å². The summed E-state index contributed by atoms with van der Waals surface area (Å²) in [7, 11) is 1.69. The number of hydrogen-bond donors (Lipinski definition) is 3. The molecule has 19 heavy (non-hydrogen) atoms. The molecule has 0 bridgehead atoms. The summed E-state index contributed by atoms with van der Waals surface area (Å²) in [5, 5.41) is 15.0. The fraction of sp³-hybridized carbons (Fsp3) is 0.538. The Balaban J connectivity index is 2.67. The van der Waals surface area contributed by atoms with Crippen molar-refractivity contribution in [3.05, 3.63) is 29.6 Å². The number of methoxy groups -OCH3 is 1. The quantitative estimate of drug-likeness (QED) is 0.295. The molecule has 0 aliphatic heterocycles. The Morgan fingerprint density at radius 3 is 2.89 bits per heavy atom. The summed E-state index contributed by atoms with van der Waals surface area (Å²) >= 11 is 0. The van der Waals surface area contributed by atoms with Gasteiger partial charge in [-0.25, -0.2) is 0 Å². The molecule has 1 aromatic heterocycles. The van der Waals surface area contributed by atoms with Crippen LogP contribution in [0.4, 0.5) is 0 Å². The molecule has 0 spiro atoms. The molecule has 1 aromatic rings. The Hall–Kier alpha value is -1.66. The van der Waals surface area contributed by atoms with Crippen LogP contribution in [0.5, 0.6) is 0 Å². The first-order valence-electron chi connectivity index (χ1n) is 6.23. The number of pyridine rings is 1. The number of ether oxygens (including phenoxy) is 1. The minimum Gasteiger partial charge on any atom is -0.409 e. The van der Waals surface area contributed by atoms with E-state index in [4.69, 9.17) is 15.7 Å². The van der Waals surface area contributed by atoms with Crippen LogP contribution in [0.3, 0.4) is 0 Å². The van der Waals surface area contributed by atoms with Crippen molar-refractivity contribution in [3.8, 4) is 0 Å². The Morgan fingerprint density at radius 2 is 2.32 bits per heavy atom. The maximum atomic E-state index is 8.63. The van der Waals surface area contributed by atoms with Crippen LogP contribution in [0.1, 0.15) is 25.1 Å². The van der Waals surface area contributed by atoms with Crippen molar-refractivity contribution in [2.45, 2.75) is 26.4 Å². The Morgan fingerprint density at radius 1 is 1.58 bits per heavy atom. The molecule has 1 rings (SSSR count). The molecule has 0 aromatic carbocycles. The fourth-order valence-corrected chi connectivity index (χ4v) is 1.69. The van der Waals surface area contributed by atoms with E-state index in [9.17, 15) is 0 Å². The second-order valence-electron chi connectivity index (χ2n) is 4.72. The summed E-state index contributed by atoms with van der Waals surface area (Å²) in [6, 6.07) is 3.97. The second-order valence-corrected chi connectivity index (χ2v) is 4.72. The first-order valence-corrected chi connectivity index (χ1v) is 6.23. The van der Waals surface area contributed by atoms with E-state index in [0.717, 1.165) is 5.56 Å².